The fourth-order valence-electron chi connectivity index (χ4n) is 7.15. The van der Waals surface area contributed by atoms with Crippen LogP contribution < -0.4 is 15.5 Å². The lowest BCUT2D eigenvalue weighted by molar-refractivity contribution is -0.136. The van der Waals surface area contributed by atoms with Crippen LogP contribution in [0, 0.1) is 0 Å². The normalized spacial score (nSPS) is 15.4. The van der Waals surface area contributed by atoms with Crippen molar-refractivity contribution in [3.63, 3.8) is 0 Å². The van der Waals surface area contributed by atoms with Gasteiger partial charge in [-0.3, -0.25) is 19.4 Å². The standard InChI is InChI=1S/C43H42N4O4S/c48-41(49)25-29-9-7-14-35(24-29)52-28-30-10-6-13-32(23-30)42(50)46-39-18-17-34(47-21-4-1-5-22-47)27-37(39)40-26-33(19-20-44-40)43(51)45-38-16-8-12-31-11-2-3-15-36(31)38/h2-3,6-7,9-11,13-15,17-20,23-24,26-27,38H,1,4-5,8,12,16,21-22,25,28H2,(H,45,51)(H,46,50)(H,48,49)/t38-/m0/s1. The summed E-state index contributed by atoms with van der Waals surface area (Å²) in [6, 6.07) is 33.0. The van der Waals surface area contributed by atoms with E-state index in [1.54, 1.807) is 30.1 Å². The predicted molar refractivity (Wildman–Crippen MR) is 207 cm³/mol. The van der Waals surface area contributed by atoms with E-state index in [2.05, 4.69) is 39.8 Å². The summed E-state index contributed by atoms with van der Waals surface area (Å²) in [6.07, 6.45) is 8.08. The van der Waals surface area contributed by atoms with Gasteiger partial charge in [0.2, 0.25) is 0 Å². The molecule has 2 heterocycles. The van der Waals surface area contributed by atoms with Crippen molar-refractivity contribution in [3.05, 3.63) is 143 Å². The van der Waals surface area contributed by atoms with Crippen molar-refractivity contribution >= 4 is 40.9 Å². The van der Waals surface area contributed by atoms with E-state index in [0.29, 0.717) is 28.3 Å². The van der Waals surface area contributed by atoms with Gasteiger partial charge in [-0.15, -0.1) is 11.8 Å². The molecule has 9 heteroatoms. The number of fused-ring (bicyclic) bond motifs is 1. The van der Waals surface area contributed by atoms with Crippen LogP contribution in [0.1, 0.15) is 81.1 Å². The summed E-state index contributed by atoms with van der Waals surface area (Å²) < 4.78 is 0. The minimum absolute atomic E-state index is 0.0203. The van der Waals surface area contributed by atoms with Crippen molar-refractivity contribution in [1.29, 1.82) is 0 Å². The zero-order chi connectivity index (χ0) is 35.9. The highest BCUT2D eigenvalue weighted by atomic mass is 32.2. The van der Waals surface area contributed by atoms with Crippen LogP contribution in [0.15, 0.2) is 114 Å². The zero-order valence-corrected chi connectivity index (χ0v) is 29.8. The minimum atomic E-state index is -0.861. The van der Waals surface area contributed by atoms with Crippen LogP contribution in [-0.4, -0.2) is 41.0 Å². The molecule has 0 spiro atoms. The summed E-state index contributed by atoms with van der Waals surface area (Å²) in [5, 5.41) is 15.6. The van der Waals surface area contributed by atoms with Crippen LogP contribution in [0.25, 0.3) is 11.3 Å². The predicted octanol–water partition coefficient (Wildman–Crippen LogP) is 8.72. The average Bonchev–Trinajstić information content (AvgIpc) is 3.18. The quantitative estimate of drug-likeness (QED) is 0.118. The molecule has 1 aromatic heterocycles. The van der Waals surface area contributed by atoms with Gasteiger partial charge in [0, 0.05) is 52.3 Å². The van der Waals surface area contributed by atoms with Gasteiger partial charge >= 0.3 is 5.97 Å². The van der Waals surface area contributed by atoms with Crippen LogP contribution in [0.5, 0.6) is 0 Å². The number of carboxylic acids is 1. The number of thioether (sulfide) groups is 1. The fourth-order valence-corrected chi connectivity index (χ4v) is 8.07. The van der Waals surface area contributed by atoms with Crippen LogP contribution >= 0.6 is 11.8 Å². The number of aliphatic carboxylic acids is 1. The third-order valence-electron chi connectivity index (χ3n) is 9.79. The van der Waals surface area contributed by atoms with Crippen molar-refractivity contribution < 1.29 is 19.5 Å². The molecule has 2 amide bonds. The molecule has 0 saturated carbocycles. The lowest BCUT2D eigenvalue weighted by Gasteiger charge is -2.29. The third kappa shape index (κ3) is 8.54. The highest BCUT2D eigenvalue weighted by molar-refractivity contribution is 7.98. The molecule has 1 aliphatic carbocycles. The summed E-state index contributed by atoms with van der Waals surface area (Å²) in [6.45, 7) is 1.94. The Morgan fingerprint density at radius 2 is 1.60 bits per heavy atom. The first-order valence-corrected chi connectivity index (χ1v) is 19.0. The zero-order valence-electron chi connectivity index (χ0n) is 29.0. The Morgan fingerprint density at radius 1 is 0.788 bits per heavy atom. The Labute approximate surface area is 308 Å². The Hall–Kier alpha value is -5.41. The summed E-state index contributed by atoms with van der Waals surface area (Å²) in [5.41, 5.74) is 8.29. The first-order valence-electron chi connectivity index (χ1n) is 18.0. The molecule has 7 rings (SSSR count). The number of carbonyl (C=O) groups excluding carboxylic acids is 2. The number of nitrogens with one attached hydrogen (secondary N) is 2. The topological polar surface area (TPSA) is 112 Å². The molecule has 5 aromatic rings. The number of carbonyl (C=O) groups is 3. The lowest BCUT2D eigenvalue weighted by atomic mass is 9.87. The second kappa shape index (κ2) is 16.3. The second-order valence-electron chi connectivity index (χ2n) is 13.5. The molecule has 8 nitrogen and oxygen atoms in total. The van der Waals surface area contributed by atoms with Gasteiger partial charge in [0.1, 0.15) is 0 Å². The average molecular weight is 711 g/mol. The number of hydrogen-bond acceptors (Lipinski definition) is 6. The summed E-state index contributed by atoms with van der Waals surface area (Å²) in [7, 11) is 0. The van der Waals surface area contributed by atoms with Crippen LogP contribution in [0.2, 0.25) is 0 Å². The first kappa shape index (κ1) is 35.0. The van der Waals surface area contributed by atoms with Crippen LogP contribution in [0.3, 0.4) is 0 Å². The van der Waals surface area contributed by atoms with Crippen LogP contribution in [-0.2, 0) is 23.4 Å². The molecule has 52 heavy (non-hydrogen) atoms. The monoisotopic (exact) mass is 710 g/mol. The third-order valence-corrected chi connectivity index (χ3v) is 10.9. The molecule has 264 valence electrons. The summed E-state index contributed by atoms with van der Waals surface area (Å²) >= 11 is 1.59. The van der Waals surface area contributed by atoms with Gasteiger partial charge in [-0.1, -0.05) is 48.5 Å². The number of hydrogen-bond donors (Lipinski definition) is 3. The summed E-state index contributed by atoms with van der Waals surface area (Å²) in [5.74, 6) is -0.627. The fraction of sp³-hybridized carbons (Fsp3) is 0.256. The molecular weight excluding hydrogens is 669 g/mol. The van der Waals surface area contributed by atoms with E-state index >= 15 is 0 Å². The maximum atomic E-state index is 13.8. The lowest BCUT2D eigenvalue weighted by Crippen LogP contribution is -2.31. The maximum Gasteiger partial charge on any atom is 0.307 e. The number of piperidine rings is 1. The molecule has 1 aliphatic heterocycles. The highest BCUT2D eigenvalue weighted by Gasteiger charge is 2.23. The molecule has 0 radical (unpaired) electrons. The molecule has 2 aliphatic rings. The molecule has 1 fully saturated rings. The van der Waals surface area contributed by atoms with E-state index in [9.17, 15) is 14.4 Å². The molecule has 1 saturated heterocycles. The molecule has 3 N–H and O–H groups in total. The number of amides is 2. The smallest absolute Gasteiger partial charge is 0.307 e. The molecule has 0 bridgehead atoms. The number of pyridine rings is 1. The Morgan fingerprint density at radius 3 is 2.46 bits per heavy atom. The van der Waals surface area contributed by atoms with Gasteiger partial charge < -0.3 is 20.6 Å². The van der Waals surface area contributed by atoms with Crippen molar-refractivity contribution in [1.82, 2.24) is 10.3 Å². The SMILES string of the molecule is O=C(O)Cc1cccc(SCc2cccc(C(=O)Nc3ccc(N4CCCCC4)cc3-c3cc(C(=O)N[C@H]4CCCc5ccccc54)ccn3)c2)c1. The van der Waals surface area contributed by atoms with E-state index in [-0.39, 0.29) is 24.3 Å². The van der Waals surface area contributed by atoms with Crippen molar-refractivity contribution in [3.8, 4) is 11.3 Å². The van der Waals surface area contributed by atoms with Crippen molar-refractivity contribution in [2.45, 2.75) is 61.6 Å². The molecule has 4 aromatic carbocycles. The van der Waals surface area contributed by atoms with E-state index in [1.807, 2.05) is 66.7 Å². The minimum Gasteiger partial charge on any atom is -0.481 e. The van der Waals surface area contributed by atoms with Gasteiger partial charge in [0.15, 0.2) is 0 Å². The van der Waals surface area contributed by atoms with Crippen molar-refractivity contribution in [2.24, 2.45) is 0 Å². The molecule has 1 atom stereocenters. The van der Waals surface area contributed by atoms with Gasteiger partial charge in [-0.25, -0.2) is 0 Å². The van der Waals surface area contributed by atoms with Gasteiger partial charge in [-0.05, 0) is 115 Å². The van der Waals surface area contributed by atoms with Gasteiger partial charge in [0.05, 0.1) is 23.8 Å². The molecule has 0 unspecified atom stereocenters. The second-order valence-corrected chi connectivity index (χ2v) is 14.5. The Kier molecular flexibility index (Phi) is 11.0. The van der Waals surface area contributed by atoms with E-state index in [0.717, 1.165) is 72.5 Å². The van der Waals surface area contributed by atoms with E-state index < -0.39 is 5.97 Å². The van der Waals surface area contributed by atoms with Gasteiger partial charge in [-0.2, -0.15) is 0 Å². The van der Waals surface area contributed by atoms with Crippen molar-refractivity contribution in [2.75, 3.05) is 23.3 Å². The number of aryl methyl sites for hydroxylation is 1. The molecular formula is C43H42N4O4S. The number of nitrogens with zero attached hydrogens (tertiary/aromatic N) is 2. The summed E-state index contributed by atoms with van der Waals surface area (Å²) in [4.78, 5) is 46.7. The highest BCUT2D eigenvalue weighted by Crippen LogP contribution is 2.34. The number of anilines is 2. The maximum absolute atomic E-state index is 13.8. The van der Waals surface area contributed by atoms with E-state index in [4.69, 9.17) is 10.1 Å². The Bertz CT molecular complexity index is 2090. The Balaban J connectivity index is 1.12. The first-order chi connectivity index (χ1) is 25.4. The van der Waals surface area contributed by atoms with Crippen LogP contribution in [0.4, 0.5) is 11.4 Å². The number of carboxylic acid groups (broad SMARTS) is 1. The van der Waals surface area contributed by atoms with E-state index in [1.165, 1.54) is 17.5 Å². The largest absolute Gasteiger partial charge is 0.481 e. The van der Waals surface area contributed by atoms with Gasteiger partial charge in [0.25, 0.3) is 11.8 Å². The number of benzene rings is 4. The number of aromatic nitrogens is 1. The number of rotatable bonds is 11.